The Kier molecular flexibility index (Phi) is 2.07. The molecule has 1 aliphatic carbocycles. The van der Waals surface area contributed by atoms with Gasteiger partial charge < -0.3 is 14.9 Å². The SMILES string of the molecule is COC(=O)C1CC(N)(c2ccoc2)C1. The van der Waals surface area contributed by atoms with Gasteiger partial charge in [-0.3, -0.25) is 4.79 Å². The third-order valence-electron chi connectivity index (χ3n) is 2.85. The molecule has 0 saturated heterocycles. The molecule has 14 heavy (non-hydrogen) atoms. The molecule has 0 amide bonds. The number of methoxy groups -OCH3 is 1. The van der Waals surface area contributed by atoms with Crippen LogP contribution in [0.3, 0.4) is 0 Å². The van der Waals surface area contributed by atoms with Crippen molar-refractivity contribution >= 4 is 5.97 Å². The Morgan fingerprint density at radius 1 is 1.71 bits per heavy atom. The van der Waals surface area contributed by atoms with E-state index in [0.29, 0.717) is 12.8 Å². The highest BCUT2D eigenvalue weighted by Gasteiger charge is 2.46. The molecule has 2 N–H and O–H groups in total. The van der Waals surface area contributed by atoms with E-state index in [0.717, 1.165) is 5.56 Å². The lowest BCUT2D eigenvalue weighted by Crippen LogP contribution is -2.51. The van der Waals surface area contributed by atoms with Crippen molar-refractivity contribution in [3.8, 4) is 0 Å². The maximum atomic E-state index is 11.2. The molecule has 0 atom stereocenters. The third-order valence-corrected chi connectivity index (χ3v) is 2.85. The average molecular weight is 195 g/mol. The van der Waals surface area contributed by atoms with Crippen molar-refractivity contribution in [2.75, 3.05) is 7.11 Å². The van der Waals surface area contributed by atoms with Crippen LogP contribution in [0.25, 0.3) is 0 Å². The number of ether oxygens (including phenoxy) is 1. The molecular weight excluding hydrogens is 182 g/mol. The van der Waals surface area contributed by atoms with Gasteiger partial charge in [0.25, 0.3) is 0 Å². The van der Waals surface area contributed by atoms with E-state index < -0.39 is 5.54 Å². The number of nitrogens with two attached hydrogens (primary N) is 1. The van der Waals surface area contributed by atoms with Crippen LogP contribution < -0.4 is 5.73 Å². The lowest BCUT2D eigenvalue weighted by atomic mass is 9.66. The fraction of sp³-hybridized carbons (Fsp3) is 0.500. The van der Waals surface area contributed by atoms with E-state index in [-0.39, 0.29) is 11.9 Å². The molecule has 1 aliphatic rings. The van der Waals surface area contributed by atoms with E-state index >= 15 is 0 Å². The minimum atomic E-state index is -0.397. The largest absolute Gasteiger partial charge is 0.472 e. The van der Waals surface area contributed by atoms with Crippen molar-refractivity contribution in [1.29, 1.82) is 0 Å². The first-order valence-corrected chi connectivity index (χ1v) is 4.55. The summed E-state index contributed by atoms with van der Waals surface area (Å²) in [5.41, 5.74) is 6.64. The van der Waals surface area contributed by atoms with Gasteiger partial charge in [-0.15, -0.1) is 0 Å². The predicted molar refractivity (Wildman–Crippen MR) is 49.3 cm³/mol. The lowest BCUT2D eigenvalue weighted by Gasteiger charge is -2.42. The van der Waals surface area contributed by atoms with Crippen LogP contribution in [0.1, 0.15) is 18.4 Å². The lowest BCUT2D eigenvalue weighted by molar-refractivity contribution is -0.151. The molecule has 0 radical (unpaired) electrons. The molecule has 2 rings (SSSR count). The van der Waals surface area contributed by atoms with Gasteiger partial charge in [-0.05, 0) is 18.9 Å². The van der Waals surface area contributed by atoms with Gasteiger partial charge in [0.1, 0.15) is 0 Å². The van der Waals surface area contributed by atoms with Crippen LogP contribution in [0.15, 0.2) is 23.0 Å². The van der Waals surface area contributed by atoms with Crippen molar-refractivity contribution in [1.82, 2.24) is 0 Å². The fourth-order valence-corrected chi connectivity index (χ4v) is 1.94. The number of hydrogen-bond acceptors (Lipinski definition) is 4. The zero-order valence-corrected chi connectivity index (χ0v) is 8.03. The Balaban J connectivity index is 2.02. The number of rotatable bonds is 2. The summed E-state index contributed by atoms with van der Waals surface area (Å²) in [5.74, 6) is -0.227. The first-order chi connectivity index (χ1) is 6.65. The summed E-state index contributed by atoms with van der Waals surface area (Å²) < 4.78 is 9.61. The maximum Gasteiger partial charge on any atom is 0.308 e. The molecule has 0 spiro atoms. The molecule has 1 aromatic heterocycles. The van der Waals surface area contributed by atoms with Gasteiger partial charge >= 0.3 is 5.97 Å². The monoisotopic (exact) mass is 195 g/mol. The van der Waals surface area contributed by atoms with Crippen molar-refractivity contribution in [2.45, 2.75) is 18.4 Å². The van der Waals surface area contributed by atoms with Crippen molar-refractivity contribution in [3.63, 3.8) is 0 Å². The summed E-state index contributed by atoms with van der Waals surface area (Å²) >= 11 is 0. The van der Waals surface area contributed by atoms with Gasteiger partial charge in [0.2, 0.25) is 0 Å². The molecule has 0 aromatic carbocycles. The third kappa shape index (κ3) is 1.32. The van der Waals surface area contributed by atoms with Gasteiger partial charge in [-0.1, -0.05) is 0 Å². The number of furan rings is 1. The van der Waals surface area contributed by atoms with Crippen LogP contribution >= 0.6 is 0 Å². The highest BCUT2D eigenvalue weighted by atomic mass is 16.5. The molecule has 1 heterocycles. The fourth-order valence-electron chi connectivity index (χ4n) is 1.94. The highest BCUT2D eigenvalue weighted by molar-refractivity contribution is 5.74. The molecule has 4 nitrogen and oxygen atoms in total. The number of esters is 1. The van der Waals surface area contributed by atoms with Gasteiger partial charge in [0.15, 0.2) is 0 Å². The van der Waals surface area contributed by atoms with E-state index in [1.54, 1.807) is 12.5 Å². The summed E-state index contributed by atoms with van der Waals surface area (Å²) in [6.45, 7) is 0. The molecule has 0 unspecified atom stereocenters. The average Bonchev–Trinajstić information content (AvgIpc) is 2.64. The molecule has 1 saturated carbocycles. The van der Waals surface area contributed by atoms with E-state index in [1.807, 2.05) is 6.07 Å². The smallest absolute Gasteiger partial charge is 0.308 e. The molecule has 76 valence electrons. The molecule has 1 fully saturated rings. The quantitative estimate of drug-likeness (QED) is 0.715. The van der Waals surface area contributed by atoms with Crippen LogP contribution in [-0.2, 0) is 15.1 Å². The zero-order chi connectivity index (χ0) is 10.2. The van der Waals surface area contributed by atoms with Gasteiger partial charge in [0.05, 0.1) is 25.6 Å². The summed E-state index contributed by atoms with van der Waals surface area (Å²) in [5, 5.41) is 0. The summed E-state index contributed by atoms with van der Waals surface area (Å²) in [6, 6.07) is 1.84. The summed E-state index contributed by atoms with van der Waals surface area (Å²) in [4.78, 5) is 11.2. The molecule has 4 heteroatoms. The number of hydrogen-bond donors (Lipinski definition) is 1. The van der Waals surface area contributed by atoms with Crippen molar-refractivity contribution in [2.24, 2.45) is 11.7 Å². The normalized spacial score (nSPS) is 30.9. The first kappa shape index (κ1) is 9.27. The Morgan fingerprint density at radius 2 is 2.43 bits per heavy atom. The first-order valence-electron chi connectivity index (χ1n) is 4.55. The standard InChI is InChI=1S/C10H13NO3/c1-13-9(12)7-4-10(11,5-7)8-2-3-14-6-8/h2-3,6-7H,4-5,11H2,1H3. The maximum absolute atomic E-state index is 11.2. The van der Waals surface area contributed by atoms with E-state index in [1.165, 1.54) is 7.11 Å². The molecule has 1 aromatic rings. The highest BCUT2D eigenvalue weighted by Crippen LogP contribution is 2.44. The zero-order valence-electron chi connectivity index (χ0n) is 8.03. The molecule has 0 bridgehead atoms. The second kappa shape index (κ2) is 3.13. The topological polar surface area (TPSA) is 65.5 Å². The Hall–Kier alpha value is -1.29. The number of carbonyl (C=O) groups excluding carboxylic acids is 1. The second-order valence-corrected chi connectivity index (χ2v) is 3.80. The van der Waals surface area contributed by atoms with Crippen LogP contribution in [-0.4, -0.2) is 13.1 Å². The molecular formula is C10H13NO3. The summed E-state index contributed by atoms with van der Waals surface area (Å²) in [7, 11) is 1.40. The predicted octanol–water partition coefficient (Wildman–Crippen LogP) is 1.02. The second-order valence-electron chi connectivity index (χ2n) is 3.80. The number of carbonyl (C=O) groups is 1. The minimum absolute atomic E-state index is 0.0556. The molecule has 0 aliphatic heterocycles. The van der Waals surface area contributed by atoms with Crippen LogP contribution in [0.2, 0.25) is 0 Å². The summed E-state index contributed by atoms with van der Waals surface area (Å²) in [6.07, 6.45) is 4.50. The van der Waals surface area contributed by atoms with Crippen LogP contribution in [0.4, 0.5) is 0 Å². The van der Waals surface area contributed by atoms with Gasteiger partial charge in [-0.25, -0.2) is 0 Å². The Bertz CT molecular complexity index is 325. The Labute approximate surface area is 82.0 Å². The van der Waals surface area contributed by atoms with Gasteiger partial charge in [0, 0.05) is 11.1 Å². The Morgan fingerprint density at radius 3 is 2.93 bits per heavy atom. The van der Waals surface area contributed by atoms with E-state index in [4.69, 9.17) is 10.2 Å². The van der Waals surface area contributed by atoms with E-state index in [2.05, 4.69) is 4.74 Å². The minimum Gasteiger partial charge on any atom is -0.472 e. The van der Waals surface area contributed by atoms with Crippen LogP contribution in [0, 0.1) is 5.92 Å². The van der Waals surface area contributed by atoms with Crippen LogP contribution in [0.5, 0.6) is 0 Å². The van der Waals surface area contributed by atoms with Crippen molar-refractivity contribution in [3.05, 3.63) is 24.2 Å². The van der Waals surface area contributed by atoms with Crippen molar-refractivity contribution < 1.29 is 13.9 Å². The van der Waals surface area contributed by atoms with Gasteiger partial charge in [-0.2, -0.15) is 0 Å². The van der Waals surface area contributed by atoms with E-state index in [9.17, 15) is 4.79 Å².